The van der Waals surface area contributed by atoms with Crippen molar-refractivity contribution in [3.8, 4) is 5.75 Å². The highest BCUT2D eigenvalue weighted by molar-refractivity contribution is 5.84. The fraction of sp³-hybridized carbons (Fsp3) is 0.192. The molecule has 30 heavy (non-hydrogen) atoms. The first-order chi connectivity index (χ1) is 14.7. The van der Waals surface area contributed by atoms with Crippen molar-refractivity contribution in [3.63, 3.8) is 0 Å². The number of carbonyl (C=O) groups excluding carboxylic acids is 1. The lowest BCUT2D eigenvalue weighted by Gasteiger charge is -2.18. The SMILES string of the molecule is CCOc1ccc(CC(=O)NCC(c2ccccc2)c2c[nH]c3ccccc23)cc1. The average Bonchev–Trinajstić information content (AvgIpc) is 3.20. The highest BCUT2D eigenvalue weighted by Crippen LogP contribution is 2.30. The number of rotatable bonds is 8. The van der Waals surface area contributed by atoms with Gasteiger partial charge in [0.2, 0.25) is 5.91 Å². The third-order valence-electron chi connectivity index (χ3n) is 5.30. The summed E-state index contributed by atoms with van der Waals surface area (Å²) in [6, 6.07) is 26.3. The lowest BCUT2D eigenvalue weighted by molar-refractivity contribution is -0.120. The van der Waals surface area contributed by atoms with Crippen LogP contribution in [0.15, 0.2) is 85.1 Å². The normalized spacial score (nSPS) is 11.9. The molecule has 3 aromatic carbocycles. The standard InChI is InChI=1S/C26H26N2O2/c1-2-30-21-14-12-19(13-15-21)16-26(29)28-17-23(20-8-4-3-5-9-20)24-18-27-25-11-7-6-10-22(24)25/h3-15,18,23,27H,2,16-17H2,1H3,(H,28,29). The second-order valence-corrected chi connectivity index (χ2v) is 7.31. The number of nitrogens with one attached hydrogen (secondary N) is 2. The van der Waals surface area contributed by atoms with Gasteiger partial charge in [-0.05, 0) is 41.8 Å². The summed E-state index contributed by atoms with van der Waals surface area (Å²) in [5.74, 6) is 0.914. The lowest BCUT2D eigenvalue weighted by Crippen LogP contribution is -2.30. The topological polar surface area (TPSA) is 54.1 Å². The van der Waals surface area contributed by atoms with Crippen molar-refractivity contribution in [1.82, 2.24) is 10.3 Å². The number of amides is 1. The largest absolute Gasteiger partial charge is 0.494 e. The summed E-state index contributed by atoms with van der Waals surface area (Å²) in [5, 5.41) is 4.33. The van der Waals surface area contributed by atoms with Crippen molar-refractivity contribution < 1.29 is 9.53 Å². The van der Waals surface area contributed by atoms with Gasteiger partial charge >= 0.3 is 0 Å². The molecule has 1 amide bonds. The Hall–Kier alpha value is -3.53. The number of benzene rings is 3. The third-order valence-corrected chi connectivity index (χ3v) is 5.30. The molecule has 0 spiro atoms. The van der Waals surface area contributed by atoms with Gasteiger partial charge in [-0.15, -0.1) is 0 Å². The maximum Gasteiger partial charge on any atom is 0.224 e. The molecule has 0 saturated heterocycles. The minimum atomic E-state index is 0.0138. The van der Waals surface area contributed by atoms with E-state index in [-0.39, 0.29) is 11.8 Å². The van der Waals surface area contributed by atoms with Crippen molar-refractivity contribution >= 4 is 16.8 Å². The van der Waals surface area contributed by atoms with E-state index in [4.69, 9.17) is 4.74 Å². The summed E-state index contributed by atoms with van der Waals surface area (Å²) in [7, 11) is 0. The number of H-pyrrole nitrogens is 1. The predicted octanol–water partition coefficient (Wildman–Crippen LogP) is 5.06. The van der Waals surface area contributed by atoms with Crippen molar-refractivity contribution in [2.24, 2.45) is 0 Å². The first-order valence-corrected chi connectivity index (χ1v) is 10.3. The van der Waals surface area contributed by atoms with Crippen LogP contribution >= 0.6 is 0 Å². The van der Waals surface area contributed by atoms with Gasteiger partial charge in [-0.25, -0.2) is 0 Å². The van der Waals surface area contributed by atoms with E-state index >= 15 is 0 Å². The highest BCUT2D eigenvalue weighted by atomic mass is 16.5. The first kappa shape index (κ1) is 19.8. The number of hydrogen-bond acceptors (Lipinski definition) is 2. The molecule has 2 N–H and O–H groups in total. The van der Waals surface area contributed by atoms with Gasteiger partial charge in [-0.3, -0.25) is 4.79 Å². The van der Waals surface area contributed by atoms with Crippen LogP contribution in [-0.2, 0) is 11.2 Å². The molecule has 0 bridgehead atoms. The summed E-state index contributed by atoms with van der Waals surface area (Å²) in [4.78, 5) is 16.0. The number of aromatic amines is 1. The molecule has 0 fully saturated rings. The van der Waals surface area contributed by atoms with E-state index in [9.17, 15) is 4.79 Å². The Bertz CT molecular complexity index is 1100. The minimum absolute atomic E-state index is 0.0138. The van der Waals surface area contributed by atoms with Crippen molar-refractivity contribution in [2.75, 3.05) is 13.2 Å². The van der Waals surface area contributed by atoms with E-state index in [1.807, 2.05) is 61.5 Å². The van der Waals surface area contributed by atoms with E-state index in [0.29, 0.717) is 19.6 Å². The second kappa shape index (κ2) is 9.31. The number of aromatic nitrogens is 1. The van der Waals surface area contributed by atoms with Crippen LogP contribution in [0.5, 0.6) is 5.75 Å². The van der Waals surface area contributed by atoms with Crippen molar-refractivity contribution in [2.45, 2.75) is 19.3 Å². The maximum atomic E-state index is 12.6. The second-order valence-electron chi connectivity index (χ2n) is 7.31. The number of fused-ring (bicyclic) bond motifs is 1. The van der Waals surface area contributed by atoms with Gasteiger partial charge in [0.15, 0.2) is 0 Å². The van der Waals surface area contributed by atoms with Gasteiger partial charge < -0.3 is 15.0 Å². The summed E-state index contributed by atoms with van der Waals surface area (Å²) < 4.78 is 5.47. The molecule has 1 atom stereocenters. The van der Waals surface area contributed by atoms with E-state index in [2.05, 4.69) is 40.8 Å². The first-order valence-electron chi connectivity index (χ1n) is 10.3. The molecule has 0 radical (unpaired) electrons. The van der Waals surface area contributed by atoms with Crippen LogP contribution in [0.25, 0.3) is 10.9 Å². The molecule has 0 saturated carbocycles. The molecule has 152 valence electrons. The Balaban J connectivity index is 1.49. The summed E-state index contributed by atoms with van der Waals surface area (Å²) in [5.41, 5.74) is 4.45. The molecule has 0 aliphatic carbocycles. The fourth-order valence-electron chi connectivity index (χ4n) is 3.81. The smallest absolute Gasteiger partial charge is 0.224 e. The van der Waals surface area contributed by atoms with Gasteiger partial charge in [0.25, 0.3) is 0 Å². The van der Waals surface area contributed by atoms with Crippen LogP contribution in [0.3, 0.4) is 0 Å². The van der Waals surface area contributed by atoms with E-state index in [0.717, 1.165) is 16.8 Å². The minimum Gasteiger partial charge on any atom is -0.494 e. The van der Waals surface area contributed by atoms with Crippen molar-refractivity contribution in [1.29, 1.82) is 0 Å². The Labute approximate surface area is 176 Å². The Morgan fingerprint density at radius 1 is 0.967 bits per heavy atom. The number of para-hydroxylation sites is 1. The van der Waals surface area contributed by atoms with Gasteiger partial charge in [0.05, 0.1) is 13.0 Å². The van der Waals surface area contributed by atoms with Crippen LogP contribution in [-0.4, -0.2) is 24.0 Å². The van der Waals surface area contributed by atoms with Gasteiger partial charge in [-0.2, -0.15) is 0 Å². The zero-order valence-corrected chi connectivity index (χ0v) is 17.1. The van der Waals surface area contributed by atoms with Crippen molar-refractivity contribution in [3.05, 3.63) is 102 Å². The molecule has 0 aliphatic rings. The molecular formula is C26H26N2O2. The van der Waals surface area contributed by atoms with Crippen LogP contribution in [0.4, 0.5) is 0 Å². The Morgan fingerprint density at radius 2 is 1.70 bits per heavy atom. The van der Waals surface area contributed by atoms with Crippen LogP contribution in [0, 0.1) is 0 Å². The Kier molecular flexibility index (Phi) is 6.14. The average molecular weight is 399 g/mol. The fourth-order valence-corrected chi connectivity index (χ4v) is 3.81. The monoisotopic (exact) mass is 398 g/mol. The number of carbonyl (C=O) groups is 1. The van der Waals surface area contributed by atoms with Crippen LogP contribution in [0.1, 0.15) is 29.5 Å². The molecule has 1 aromatic heterocycles. The quantitative estimate of drug-likeness (QED) is 0.436. The molecule has 4 rings (SSSR count). The summed E-state index contributed by atoms with van der Waals surface area (Å²) in [6.45, 7) is 3.13. The summed E-state index contributed by atoms with van der Waals surface area (Å²) >= 11 is 0. The molecule has 4 aromatic rings. The van der Waals surface area contributed by atoms with Crippen LogP contribution in [0.2, 0.25) is 0 Å². The van der Waals surface area contributed by atoms with Gasteiger partial charge in [-0.1, -0.05) is 60.7 Å². The zero-order valence-electron chi connectivity index (χ0n) is 17.1. The molecule has 1 unspecified atom stereocenters. The maximum absolute atomic E-state index is 12.6. The Morgan fingerprint density at radius 3 is 2.47 bits per heavy atom. The van der Waals surface area contributed by atoms with Gasteiger partial charge in [0, 0.05) is 29.6 Å². The molecular weight excluding hydrogens is 372 g/mol. The number of hydrogen-bond donors (Lipinski definition) is 2. The molecule has 0 aliphatic heterocycles. The molecule has 1 heterocycles. The molecule has 4 nitrogen and oxygen atoms in total. The predicted molar refractivity (Wildman–Crippen MR) is 121 cm³/mol. The number of ether oxygens (including phenoxy) is 1. The van der Waals surface area contributed by atoms with Crippen LogP contribution < -0.4 is 10.1 Å². The third kappa shape index (κ3) is 4.54. The highest BCUT2D eigenvalue weighted by Gasteiger charge is 2.19. The van der Waals surface area contributed by atoms with E-state index in [1.54, 1.807) is 0 Å². The van der Waals surface area contributed by atoms with E-state index < -0.39 is 0 Å². The zero-order chi connectivity index (χ0) is 20.8. The van der Waals surface area contributed by atoms with Gasteiger partial charge in [0.1, 0.15) is 5.75 Å². The lowest BCUT2D eigenvalue weighted by atomic mass is 9.91. The summed E-state index contributed by atoms with van der Waals surface area (Å²) in [6.07, 6.45) is 2.41. The molecule has 4 heteroatoms. The van der Waals surface area contributed by atoms with E-state index in [1.165, 1.54) is 16.5 Å².